The number of piperazine rings is 1. The van der Waals surface area contributed by atoms with Gasteiger partial charge in [0.2, 0.25) is 0 Å². The molecule has 0 amide bonds. The van der Waals surface area contributed by atoms with E-state index in [0.717, 1.165) is 32.7 Å². The van der Waals surface area contributed by atoms with Crippen LogP contribution in [-0.2, 0) is 6.54 Å². The molecule has 1 saturated heterocycles. The molecule has 1 fully saturated rings. The van der Waals surface area contributed by atoms with Crippen LogP contribution in [0.4, 0.5) is 0 Å². The fraction of sp³-hybridized carbons (Fsp3) is 0.643. The average Bonchev–Trinajstić information content (AvgIpc) is 2.33. The van der Waals surface area contributed by atoms with Gasteiger partial charge in [-0.05, 0) is 25.5 Å². The van der Waals surface area contributed by atoms with Crippen molar-refractivity contribution in [2.45, 2.75) is 32.5 Å². The smallest absolute Gasteiger partial charge is 0.0639 e. The van der Waals surface area contributed by atoms with Gasteiger partial charge in [0.15, 0.2) is 0 Å². The predicted molar refractivity (Wildman–Crippen MR) is 72.2 cm³/mol. The van der Waals surface area contributed by atoms with Crippen molar-refractivity contribution in [3.63, 3.8) is 0 Å². The number of aliphatic hydroxyl groups excluding tert-OH is 1. The quantitative estimate of drug-likeness (QED) is 0.863. The summed E-state index contributed by atoms with van der Waals surface area (Å²) in [5.41, 5.74) is 1.27. The Kier molecular flexibility index (Phi) is 4.69. The van der Waals surface area contributed by atoms with Gasteiger partial charge >= 0.3 is 0 Å². The van der Waals surface area contributed by atoms with Crippen LogP contribution in [0.3, 0.4) is 0 Å². The maximum atomic E-state index is 9.46. The van der Waals surface area contributed by atoms with Crippen molar-refractivity contribution in [3.8, 4) is 0 Å². The standard InChI is InChI=1S/C14H23N3O/c1-12-9-16(6-7-17(12)10-13(2)18)11-14-4-3-5-15-8-14/h3-5,8,12-13,18H,6-7,9-11H2,1-2H3/t12-,13-/m1/s1. The third-order valence-corrected chi connectivity index (χ3v) is 3.48. The number of β-amino-alcohol motifs (C(OH)–C–C–N with tert-alkyl or cyclic N) is 1. The van der Waals surface area contributed by atoms with E-state index in [-0.39, 0.29) is 6.10 Å². The molecule has 100 valence electrons. The molecule has 0 aliphatic carbocycles. The Labute approximate surface area is 109 Å². The lowest BCUT2D eigenvalue weighted by atomic mass is 10.1. The Morgan fingerprint density at radius 2 is 2.33 bits per heavy atom. The van der Waals surface area contributed by atoms with Gasteiger partial charge < -0.3 is 5.11 Å². The molecule has 0 unspecified atom stereocenters. The van der Waals surface area contributed by atoms with Crippen LogP contribution in [-0.4, -0.2) is 58.2 Å². The summed E-state index contributed by atoms with van der Waals surface area (Å²) in [5.74, 6) is 0. The second-order valence-corrected chi connectivity index (χ2v) is 5.29. The monoisotopic (exact) mass is 249 g/mol. The van der Waals surface area contributed by atoms with Gasteiger partial charge in [0.05, 0.1) is 6.10 Å². The normalized spacial score (nSPS) is 24.1. The van der Waals surface area contributed by atoms with Crippen LogP contribution in [0.5, 0.6) is 0 Å². The second kappa shape index (κ2) is 6.27. The molecule has 0 bridgehead atoms. The highest BCUT2D eigenvalue weighted by Crippen LogP contribution is 2.12. The molecule has 0 radical (unpaired) electrons. The topological polar surface area (TPSA) is 39.6 Å². The molecule has 1 aliphatic rings. The van der Waals surface area contributed by atoms with E-state index >= 15 is 0 Å². The van der Waals surface area contributed by atoms with E-state index in [9.17, 15) is 5.11 Å². The van der Waals surface area contributed by atoms with Crippen LogP contribution in [0.1, 0.15) is 19.4 Å². The molecule has 4 heteroatoms. The lowest BCUT2D eigenvalue weighted by Gasteiger charge is -2.40. The Morgan fingerprint density at radius 3 is 2.94 bits per heavy atom. The third kappa shape index (κ3) is 3.77. The molecule has 4 nitrogen and oxygen atoms in total. The average molecular weight is 249 g/mol. The SMILES string of the molecule is C[C@@H]1CN(Cc2cccnc2)CCN1C[C@@H](C)O. The first kappa shape index (κ1) is 13.5. The van der Waals surface area contributed by atoms with Crippen LogP contribution in [0, 0.1) is 0 Å². The van der Waals surface area contributed by atoms with Gasteiger partial charge in [0.1, 0.15) is 0 Å². The van der Waals surface area contributed by atoms with Gasteiger partial charge in [-0.25, -0.2) is 0 Å². The number of hydrogen-bond donors (Lipinski definition) is 1. The minimum atomic E-state index is -0.239. The molecule has 0 aromatic carbocycles. The minimum absolute atomic E-state index is 0.239. The molecule has 18 heavy (non-hydrogen) atoms. The van der Waals surface area contributed by atoms with Gasteiger partial charge in [0, 0.05) is 51.2 Å². The number of hydrogen-bond acceptors (Lipinski definition) is 4. The molecule has 2 heterocycles. The lowest BCUT2D eigenvalue weighted by molar-refractivity contribution is 0.0422. The van der Waals surface area contributed by atoms with E-state index in [1.165, 1.54) is 5.56 Å². The number of aromatic nitrogens is 1. The van der Waals surface area contributed by atoms with Gasteiger partial charge in [0.25, 0.3) is 0 Å². The molecular weight excluding hydrogens is 226 g/mol. The first-order chi connectivity index (χ1) is 8.65. The van der Waals surface area contributed by atoms with E-state index in [0.29, 0.717) is 6.04 Å². The van der Waals surface area contributed by atoms with Crippen LogP contribution in [0.25, 0.3) is 0 Å². The lowest BCUT2D eigenvalue weighted by Crippen LogP contribution is -2.53. The van der Waals surface area contributed by atoms with E-state index in [2.05, 4.69) is 27.8 Å². The maximum Gasteiger partial charge on any atom is 0.0639 e. The van der Waals surface area contributed by atoms with Gasteiger partial charge in [-0.1, -0.05) is 6.07 Å². The van der Waals surface area contributed by atoms with Crippen molar-refractivity contribution in [3.05, 3.63) is 30.1 Å². The Hall–Kier alpha value is -0.970. The van der Waals surface area contributed by atoms with Crippen molar-refractivity contribution < 1.29 is 5.11 Å². The van der Waals surface area contributed by atoms with E-state index in [4.69, 9.17) is 0 Å². The van der Waals surface area contributed by atoms with Crippen molar-refractivity contribution in [1.82, 2.24) is 14.8 Å². The Morgan fingerprint density at radius 1 is 1.50 bits per heavy atom. The summed E-state index contributed by atoms with van der Waals surface area (Å²) in [6, 6.07) is 4.62. The van der Waals surface area contributed by atoms with Crippen molar-refractivity contribution in [2.24, 2.45) is 0 Å². The summed E-state index contributed by atoms with van der Waals surface area (Å²) in [6.45, 7) is 9.00. The molecule has 2 atom stereocenters. The third-order valence-electron chi connectivity index (χ3n) is 3.48. The molecule has 2 rings (SSSR count). The summed E-state index contributed by atoms with van der Waals surface area (Å²) in [7, 11) is 0. The minimum Gasteiger partial charge on any atom is -0.392 e. The Balaban J connectivity index is 1.85. The van der Waals surface area contributed by atoms with Crippen molar-refractivity contribution in [1.29, 1.82) is 0 Å². The summed E-state index contributed by atoms with van der Waals surface area (Å²) in [5, 5.41) is 9.46. The second-order valence-electron chi connectivity index (χ2n) is 5.29. The summed E-state index contributed by atoms with van der Waals surface area (Å²) in [6.07, 6.45) is 3.51. The molecule has 0 saturated carbocycles. The number of aliphatic hydroxyl groups is 1. The number of rotatable bonds is 4. The van der Waals surface area contributed by atoms with Crippen LogP contribution >= 0.6 is 0 Å². The molecular formula is C14H23N3O. The molecule has 1 aromatic heterocycles. The maximum absolute atomic E-state index is 9.46. The highest BCUT2D eigenvalue weighted by molar-refractivity contribution is 5.08. The fourth-order valence-corrected chi connectivity index (χ4v) is 2.57. The summed E-state index contributed by atoms with van der Waals surface area (Å²) in [4.78, 5) is 8.98. The molecule has 1 N–H and O–H groups in total. The zero-order valence-electron chi connectivity index (χ0n) is 11.3. The Bertz CT molecular complexity index is 355. The van der Waals surface area contributed by atoms with E-state index < -0.39 is 0 Å². The van der Waals surface area contributed by atoms with Crippen LogP contribution in [0.15, 0.2) is 24.5 Å². The molecule has 0 spiro atoms. The zero-order valence-corrected chi connectivity index (χ0v) is 11.3. The fourth-order valence-electron chi connectivity index (χ4n) is 2.57. The van der Waals surface area contributed by atoms with Crippen LogP contribution in [0.2, 0.25) is 0 Å². The first-order valence-corrected chi connectivity index (χ1v) is 6.68. The van der Waals surface area contributed by atoms with Crippen molar-refractivity contribution >= 4 is 0 Å². The predicted octanol–water partition coefficient (Wildman–Crippen LogP) is 0.969. The molecule has 1 aromatic rings. The van der Waals surface area contributed by atoms with Gasteiger partial charge in [-0.3, -0.25) is 14.8 Å². The summed E-state index contributed by atoms with van der Waals surface area (Å²) < 4.78 is 0. The number of nitrogens with zero attached hydrogens (tertiary/aromatic N) is 3. The van der Waals surface area contributed by atoms with E-state index in [1.807, 2.05) is 25.4 Å². The van der Waals surface area contributed by atoms with Gasteiger partial charge in [-0.15, -0.1) is 0 Å². The first-order valence-electron chi connectivity index (χ1n) is 6.68. The highest BCUT2D eigenvalue weighted by atomic mass is 16.3. The summed E-state index contributed by atoms with van der Waals surface area (Å²) >= 11 is 0. The van der Waals surface area contributed by atoms with Crippen molar-refractivity contribution in [2.75, 3.05) is 26.2 Å². The highest BCUT2D eigenvalue weighted by Gasteiger charge is 2.24. The largest absolute Gasteiger partial charge is 0.392 e. The molecule has 1 aliphatic heterocycles. The zero-order chi connectivity index (χ0) is 13.0. The van der Waals surface area contributed by atoms with E-state index in [1.54, 1.807) is 0 Å². The van der Waals surface area contributed by atoms with Gasteiger partial charge in [-0.2, -0.15) is 0 Å². The van der Waals surface area contributed by atoms with Crippen LogP contribution < -0.4 is 0 Å². The number of pyridine rings is 1.